The van der Waals surface area contributed by atoms with E-state index in [4.69, 9.17) is 18.9 Å². The van der Waals surface area contributed by atoms with E-state index in [9.17, 15) is 14.4 Å². The number of aromatic nitrogens is 1. The molecule has 0 unspecified atom stereocenters. The minimum absolute atomic E-state index is 0.212. The van der Waals surface area contributed by atoms with E-state index in [1.165, 1.54) is 11.3 Å². The largest absolute Gasteiger partial charge is 0.493 e. The maximum absolute atomic E-state index is 13.9. The number of hydrogen-bond donors (Lipinski definition) is 0. The number of fused-ring (bicyclic) bond motifs is 1. The summed E-state index contributed by atoms with van der Waals surface area (Å²) in [7, 11) is 1.55. The maximum atomic E-state index is 13.9. The standard InChI is InChI=1S/C35H34N2O7S/c1-6-42-33(39)26-15-10-23(11-16-26)20-44-27-17-12-24(18-28(27)41-5)19-29-32(38)37-31(25-13-8-21(3)9-14-25)30(34(40)43-7-2)22(4)36-35(37)45-29/h8-19,31H,6-7,20H2,1-5H3/b29-19-/t31-/m0/s1. The molecule has 0 aliphatic carbocycles. The Labute approximate surface area is 264 Å². The Bertz CT molecular complexity index is 1940. The highest BCUT2D eigenvalue weighted by molar-refractivity contribution is 7.07. The van der Waals surface area contributed by atoms with Crippen LogP contribution in [0.3, 0.4) is 0 Å². The Balaban J connectivity index is 1.45. The molecule has 0 saturated carbocycles. The summed E-state index contributed by atoms with van der Waals surface area (Å²) >= 11 is 1.26. The van der Waals surface area contributed by atoms with Gasteiger partial charge in [0.15, 0.2) is 16.3 Å². The van der Waals surface area contributed by atoms with Crippen LogP contribution in [0.2, 0.25) is 0 Å². The highest BCUT2D eigenvalue weighted by Crippen LogP contribution is 2.31. The van der Waals surface area contributed by atoms with Crippen molar-refractivity contribution in [1.82, 2.24) is 4.57 Å². The molecule has 1 aliphatic rings. The van der Waals surface area contributed by atoms with Crippen LogP contribution in [0.1, 0.15) is 59.4 Å². The third kappa shape index (κ3) is 6.76. The number of thiazole rings is 1. The van der Waals surface area contributed by atoms with Gasteiger partial charge in [0.2, 0.25) is 0 Å². The first kappa shape index (κ1) is 31.5. The van der Waals surface area contributed by atoms with Gasteiger partial charge in [0.05, 0.1) is 47.7 Å². The fourth-order valence-corrected chi connectivity index (χ4v) is 6.06. The van der Waals surface area contributed by atoms with Crippen LogP contribution in [0, 0.1) is 6.92 Å². The quantitative estimate of drug-likeness (QED) is 0.231. The summed E-state index contributed by atoms with van der Waals surface area (Å²) in [6.07, 6.45) is 1.78. The van der Waals surface area contributed by atoms with Gasteiger partial charge in [0, 0.05) is 0 Å². The Hall–Kier alpha value is -4.96. The summed E-state index contributed by atoms with van der Waals surface area (Å²) in [5.41, 5.74) is 4.55. The summed E-state index contributed by atoms with van der Waals surface area (Å²) in [4.78, 5) is 44.1. The lowest BCUT2D eigenvalue weighted by Crippen LogP contribution is -2.39. The molecule has 232 valence electrons. The van der Waals surface area contributed by atoms with Crippen LogP contribution in [0.25, 0.3) is 6.08 Å². The molecule has 2 heterocycles. The van der Waals surface area contributed by atoms with E-state index in [0.717, 1.165) is 22.3 Å². The number of carbonyl (C=O) groups excluding carboxylic acids is 2. The van der Waals surface area contributed by atoms with Crippen molar-refractivity contribution in [1.29, 1.82) is 0 Å². The summed E-state index contributed by atoms with van der Waals surface area (Å²) in [5.74, 6) is 0.168. The van der Waals surface area contributed by atoms with E-state index in [-0.39, 0.29) is 24.7 Å². The van der Waals surface area contributed by atoms with E-state index in [1.807, 2.05) is 49.4 Å². The molecule has 45 heavy (non-hydrogen) atoms. The Morgan fingerprint density at radius 2 is 1.60 bits per heavy atom. The average molecular weight is 627 g/mol. The molecule has 0 bridgehead atoms. The second kappa shape index (κ2) is 13.8. The molecule has 3 aromatic carbocycles. The molecule has 0 amide bonds. The van der Waals surface area contributed by atoms with Crippen LogP contribution in [-0.4, -0.2) is 36.8 Å². The molecule has 1 aliphatic heterocycles. The molecule has 9 nitrogen and oxygen atoms in total. The van der Waals surface area contributed by atoms with Gasteiger partial charge in [0.25, 0.3) is 5.56 Å². The van der Waals surface area contributed by atoms with Crippen molar-refractivity contribution >= 4 is 29.4 Å². The summed E-state index contributed by atoms with van der Waals surface area (Å²) in [6, 6.07) is 19.5. The van der Waals surface area contributed by atoms with Gasteiger partial charge in [-0.05, 0) is 74.7 Å². The van der Waals surface area contributed by atoms with E-state index in [2.05, 4.69) is 4.99 Å². The number of benzene rings is 3. The Kier molecular flexibility index (Phi) is 9.63. The Morgan fingerprint density at radius 1 is 0.911 bits per heavy atom. The van der Waals surface area contributed by atoms with Crippen LogP contribution < -0.4 is 24.4 Å². The molecule has 1 atom stereocenters. The average Bonchev–Trinajstić information content (AvgIpc) is 3.34. The minimum atomic E-state index is -0.667. The lowest BCUT2D eigenvalue weighted by molar-refractivity contribution is -0.139. The maximum Gasteiger partial charge on any atom is 0.338 e. The van der Waals surface area contributed by atoms with Crippen LogP contribution in [-0.2, 0) is 20.9 Å². The lowest BCUT2D eigenvalue weighted by Gasteiger charge is -2.24. The number of ether oxygens (including phenoxy) is 4. The molecule has 10 heteroatoms. The van der Waals surface area contributed by atoms with Crippen molar-refractivity contribution in [2.24, 2.45) is 4.99 Å². The highest BCUT2D eigenvalue weighted by atomic mass is 32.1. The normalized spacial score (nSPS) is 14.4. The summed E-state index contributed by atoms with van der Waals surface area (Å²) in [6.45, 7) is 8.06. The zero-order chi connectivity index (χ0) is 32.1. The number of rotatable bonds is 10. The topological polar surface area (TPSA) is 105 Å². The minimum Gasteiger partial charge on any atom is -0.493 e. The second-order valence-corrected chi connectivity index (χ2v) is 11.3. The molecule has 0 N–H and O–H groups in total. The fourth-order valence-electron chi connectivity index (χ4n) is 5.01. The number of carbonyl (C=O) groups is 2. The number of methoxy groups -OCH3 is 1. The Morgan fingerprint density at radius 3 is 2.27 bits per heavy atom. The third-order valence-corrected chi connectivity index (χ3v) is 8.24. The number of nitrogens with zero attached hydrogens (tertiary/aromatic N) is 2. The van der Waals surface area contributed by atoms with Crippen molar-refractivity contribution in [2.75, 3.05) is 20.3 Å². The van der Waals surface area contributed by atoms with Crippen molar-refractivity contribution in [3.05, 3.63) is 126 Å². The lowest BCUT2D eigenvalue weighted by atomic mass is 9.95. The van der Waals surface area contributed by atoms with Gasteiger partial charge < -0.3 is 18.9 Å². The number of esters is 2. The van der Waals surface area contributed by atoms with Gasteiger partial charge in [0.1, 0.15) is 6.61 Å². The number of hydrogen-bond acceptors (Lipinski definition) is 9. The highest BCUT2D eigenvalue weighted by Gasteiger charge is 2.33. The van der Waals surface area contributed by atoms with Crippen molar-refractivity contribution in [2.45, 2.75) is 40.3 Å². The SMILES string of the molecule is CCOC(=O)C1=C(C)N=c2s/c(=C\c3ccc(OCc4ccc(C(=O)OCC)cc4)c(OC)c3)c(=O)n2[C@H]1c1ccc(C)cc1. The van der Waals surface area contributed by atoms with Gasteiger partial charge in [-0.1, -0.05) is 59.4 Å². The van der Waals surface area contributed by atoms with Crippen LogP contribution in [0.4, 0.5) is 0 Å². The molecule has 5 rings (SSSR count). The molecule has 4 aromatic rings. The van der Waals surface area contributed by atoms with Crippen LogP contribution in [0.15, 0.2) is 87.8 Å². The van der Waals surface area contributed by atoms with Crippen LogP contribution >= 0.6 is 11.3 Å². The first-order chi connectivity index (χ1) is 21.7. The van der Waals surface area contributed by atoms with E-state index in [0.29, 0.717) is 44.3 Å². The van der Waals surface area contributed by atoms with E-state index >= 15 is 0 Å². The summed E-state index contributed by atoms with van der Waals surface area (Å²) < 4.78 is 24.0. The first-order valence-corrected chi connectivity index (χ1v) is 15.4. The molecule has 0 fully saturated rings. The smallest absolute Gasteiger partial charge is 0.338 e. The molecule has 0 radical (unpaired) electrons. The van der Waals surface area contributed by atoms with Crippen molar-refractivity contribution < 1.29 is 28.5 Å². The fraction of sp³-hybridized carbons (Fsp3) is 0.257. The van der Waals surface area contributed by atoms with Gasteiger partial charge >= 0.3 is 11.9 Å². The second-order valence-electron chi connectivity index (χ2n) is 10.3. The number of allylic oxidation sites excluding steroid dienone is 1. The van der Waals surface area contributed by atoms with Crippen molar-refractivity contribution in [3.63, 3.8) is 0 Å². The van der Waals surface area contributed by atoms with Gasteiger partial charge in [-0.3, -0.25) is 9.36 Å². The molecular weight excluding hydrogens is 592 g/mol. The molecular formula is C35H34N2O7S. The molecule has 0 spiro atoms. The van der Waals surface area contributed by atoms with Gasteiger partial charge in [-0.25, -0.2) is 14.6 Å². The number of aryl methyl sites for hydroxylation is 1. The first-order valence-electron chi connectivity index (χ1n) is 14.6. The molecule has 0 saturated heterocycles. The van der Waals surface area contributed by atoms with Crippen LogP contribution in [0.5, 0.6) is 11.5 Å². The van der Waals surface area contributed by atoms with Crippen molar-refractivity contribution in [3.8, 4) is 11.5 Å². The van der Waals surface area contributed by atoms with E-state index < -0.39 is 12.0 Å². The predicted octanol–water partition coefficient (Wildman–Crippen LogP) is 4.87. The van der Waals surface area contributed by atoms with Gasteiger partial charge in [-0.2, -0.15) is 0 Å². The van der Waals surface area contributed by atoms with Gasteiger partial charge in [-0.15, -0.1) is 0 Å². The third-order valence-electron chi connectivity index (χ3n) is 7.25. The zero-order valence-electron chi connectivity index (χ0n) is 25.8. The predicted molar refractivity (Wildman–Crippen MR) is 171 cm³/mol. The van der Waals surface area contributed by atoms with E-state index in [1.54, 1.807) is 62.8 Å². The summed E-state index contributed by atoms with van der Waals surface area (Å²) in [5, 5.41) is 0. The molecule has 1 aromatic heterocycles. The monoisotopic (exact) mass is 626 g/mol. The zero-order valence-corrected chi connectivity index (χ0v) is 26.6.